The molecule has 0 heterocycles. The Hall–Kier alpha value is -3.10. The molecule has 0 bridgehead atoms. The average Bonchev–Trinajstić information content (AvgIpc) is 2.72. The molecule has 27 heavy (non-hydrogen) atoms. The van der Waals surface area contributed by atoms with E-state index >= 15 is 0 Å². The number of esters is 1. The van der Waals surface area contributed by atoms with Crippen molar-refractivity contribution in [3.8, 4) is 17.2 Å². The van der Waals surface area contributed by atoms with E-state index in [2.05, 4.69) is 6.07 Å². The molecule has 3 aromatic rings. The molecule has 0 amide bonds. The van der Waals surface area contributed by atoms with Crippen molar-refractivity contribution in [1.29, 1.82) is 5.26 Å². The molecule has 0 spiro atoms. The van der Waals surface area contributed by atoms with Gasteiger partial charge in [0.2, 0.25) is 0 Å². The third-order valence-corrected chi connectivity index (χ3v) is 4.91. The molecule has 0 fully saturated rings. The topological polar surface area (TPSA) is 50.1 Å². The predicted octanol–water partition coefficient (Wildman–Crippen LogP) is 5.31. The Bertz CT molecular complexity index is 997. The predicted molar refractivity (Wildman–Crippen MR) is 104 cm³/mol. The van der Waals surface area contributed by atoms with Gasteiger partial charge in [-0.05, 0) is 29.8 Å². The molecule has 3 nitrogen and oxygen atoms in total. The van der Waals surface area contributed by atoms with Crippen LogP contribution in [0.2, 0.25) is 0 Å². The Labute approximate surface area is 161 Å². The maximum Gasteiger partial charge on any atom is 0.338 e. The van der Waals surface area contributed by atoms with Gasteiger partial charge in [-0.1, -0.05) is 48.5 Å². The second kappa shape index (κ2) is 9.02. The van der Waals surface area contributed by atoms with Crippen molar-refractivity contribution >= 4 is 17.7 Å². The highest BCUT2D eigenvalue weighted by Crippen LogP contribution is 2.27. The van der Waals surface area contributed by atoms with Crippen LogP contribution in [0, 0.1) is 17.1 Å². The minimum Gasteiger partial charge on any atom is -0.461 e. The van der Waals surface area contributed by atoms with Crippen molar-refractivity contribution in [2.45, 2.75) is 4.90 Å². The van der Waals surface area contributed by atoms with Crippen LogP contribution < -0.4 is 0 Å². The highest BCUT2D eigenvalue weighted by Gasteiger charge is 2.16. The Balaban J connectivity index is 1.69. The van der Waals surface area contributed by atoms with Gasteiger partial charge in [-0.2, -0.15) is 5.26 Å². The van der Waals surface area contributed by atoms with Crippen molar-refractivity contribution < 1.29 is 13.9 Å². The van der Waals surface area contributed by atoms with Crippen LogP contribution in [0.4, 0.5) is 4.39 Å². The zero-order valence-electron chi connectivity index (χ0n) is 14.4. The number of hydrogen-bond donors (Lipinski definition) is 0. The van der Waals surface area contributed by atoms with Crippen molar-refractivity contribution in [2.24, 2.45) is 0 Å². The second-order valence-corrected chi connectivity index (χ2v) is 6.75. The van der Waals surface area contributed by atoms with Crippen LogP contribution >= 0.6 is 11.8 Å². The molecule has 134 valence electrons. The summed E-state index contributed by atoms with van der Waals surface area (Å²) in [4.78, 5) is 13.1. The molecule has 3 rings (SSSR count). The summed E-state index contributed by atoms with van der Waals surface area (Å²) in [5.41, 5.74) is 2.23. The van der Waals surface area contributed by atoms with Gasteiger partial charge in [0.05, 0.1) is 17.2 Å². The third kappa shape index (κ3) is 4.55. The number of nitriles is 1. The zero-order valence-corrected chi connectivity index (χ0v) is 15.2. The highest BCUT2D eigenvalue weighted by molar-refractivity contribution is 7.99. The monoisotopic (exact) mass is 377 g/mol. The molecule has 0 radical (unpaired) electrons. The SMILES string of the molecule is N#Cc1ccccc1-c1ccccc1C(=O)OCCSc1ccccc1F. The minimum absolute atomic E-state index is 0.159. The molecule has 0 saturated carbocycles. The lowest BCUT2D eigenvalue weighted by atomic mass is 9.96. The summed E-state index contributed by atoms with van der Waals surface area (Å²) in [7, 11) is 0. The number of rotatable bonds is 6. The van der Waals surface area contributed by atoms with Crippen LogP contribution in [-0.4, -0.2) is 18.3 Å². The van der Waals surface area contributed by atoms with Crippen molar-refractivity contribution in [1.82, 2.24) is 0 Å². The Morgan fingerprint density at radius 3 is 2.41 bits per heavy atom. The van der Waals surface area contributed by atoms with Gasteiger partial charge >= 0.3 is 5.97 Å². The molecule has 0 atom stereocenters. The average molecular weight is 377 g/mol. The zero-order chi connectivity index (χ0) is 19.1. The van der Waals surface area contributed by atoms with E-state index in [0.717, 1.165) is 0 Å². The molecule has 0 aliphatic carbocycles. The fraction of sp³-hybridized carbons (Fsp3) is 0.0909. The van der Waals surface area contributed by atoms with E-state index in [0.29, 0.717) is 32.9 Å². The number of carbonyl (C=O) groups is 1. The van der Waals surface area contributed by atoms with E-state index in [9.17, 15) is 14.4 Å². The summed E-state index contributed by atoms with van der Waals surface area (Å²) in [6, 6.07) is 22.8. The van der Waals surface area contributed by atoms with Crippen LogP contribution in [0.5, 0.6) is 0 Å². The number of carbonyl (C=O) groups excluding carboxylic acids is 1. The fourth-order valence-electron chi connectivity index (χ4n) is 2.64. The van der Waals surface area contributed by atoms with Gasteiger partial charge in [-0.3, -0.25) is 0 Å². The maximum absolute atomic E-state index is 13.6. The third-order valence-electron chi connectivity index (χ3n) is 3.90. The standard InChI is InChI=1S/C22H16FNO2S/c23-20-11-5-6-12-21(20)27-14-13-26-22(25)19-10-4-3-9-18(19)17-8-2-1-7-16(17)15-24/h1-12H,13-14H2. The maximum atomic E-state index is 13.6. The van der Waals surface area contributed by atoms with E-state index < -0.39 is 5.97 Å². The van der Waals surface area contributed by atoms with E-state index in [-0.39, 0.29) is 12.4 Å². The quantitative estimate of drug-likeness (QED) is 0.332. The molecule has 0 saturated heterocycles. The molecule has 0 N–H and O–H groups in total. The van der Waals surface area contributed by atoms with Crippen LogP contribution in [-0.2, 0) is 4.74 Å². The van der Waals surface area contributed by atoms with Crippen LogP contribution in [0.25, 0.3) is 11.1 Å². The largest absolute Gasteiger partial charge is 0.461 e. The summed E-state index contributed by atoms with van der Waals surface area (Å²) in [6.45, 7) is 0.159. The first-order valence-electron chi connectivity index (χ1n) is 8.33. The number of benzene rings is 3. The van der Waals surface area contributed by atoms with E-state index in [1.54, 1.807) is 54.6 Å². The summed E-state index contributed by atoms with van der Waals surface area (Å²) >= 11 is 1.30. The van der Waals surface area contributed by atoms with Gasteiger partial charge in [0.15, 0.2) is 0 Å². The van der Waals surface area contributed by atoms with Crippen LogP contribution in [0.15, 0.2) is 77.7 Å². The normalized spacial score (nSPS) is 10.2. The summed E-state index contributed by atoms with van der Waals surface area (Å²) in [5, 5.41) is 9.31. The number of hydrogen-bond acceptors (Lipinski definition) is 4. The van der Waals surface area contributed by atoms with E-state index in [1.165, 1.54) is 17.8 Å². The molecule has 5 heteroatoms. The van der Waals surface area contributed by atoms with Crippen molar-refractivity contribution in [2.75, 3.05) is 12.4 Å². The molecule has 0 aliphatic rings. The Kier molecular flexibility index (Phi) is 6.24. The number of halogens is 1. The lowest BCUT2D eigenvalue weighted by Gasteiger charge is -2.11. The number of nitrogens with zero attached hydrogens (tertiary/aromatic N) is 1. The second-order valence-electron chi connectivity index (χ2n) is 5.62. The Morgan fingerprint density at radius 2 is 1.63 bits per heavy atom. The van der Waals surface area contributed by atoms with Crippen LogP contribution in [0.3, 0.4) is 0 Å². The molecule has 0 aromatic heterocycles. The van der Waals surface area contributed by atoms with Gasteiger partial charge in [0, 0.05) is 16.2 Å². The summed E-state index contributed by atoms with van der Waals surface area (Å²) < 4.78 is 19.0. The molecule has 0 aliphatic heterocycles. The number of ether oxygens (including phenoxy) is 1. The van der Waals surface area contributed by atoms with E-state index in [1.807, 2.05) is 12.1 Å². The molecular weight excluding hydrogens is 361 g/mol. The van der Waals surface area contributed by atoms with Crippen molar-refractivity contribution in [3.05, 3.63) is 89.7 Å². The minimum atomic E-state index is -0.465. The summed E-state index contributed by atoms with van der Waals surface area (Å²) in [5.74, 6) is -0.302. The smallest absolute Gasteiger partial charge is 0.338 e. The fourth-order valence-corrected chi connectivity index (χ4v) is 3.40. The lowest BCUT2D eigenvalue weighted by Crippen LogP contribution is -2.09. The van der Waals surface area contributed by atoms with Gasteiger partial charge < -0.3 is 4.74 Å². The number of thioether (sulfide) groups is 1. The van der Waals surface area contributed by atoms with Gasteiger partial charge in [0.1, 0.15) is 12.4 Å². The highest BCUT2D eigenvalue weighted by atomic mass is 32.2. The molecule has 3 aromatic carbocycles. The van der Waals surface area contributed by atoms with Crippen molar-refractivity contribution in [3.63, 3.8) is 0 Å². The van der Waals surface area contributed by atoms with Gasteiger partial charge in [-0.25, -0.2) is 9.18 Å². The van der Waals surface area contributed by atoms with Gasteiger partial charge in [-0.15, -0.1) is 11.8 Å². The first-order valence-corrected chi connectivity index (χ1v) is 9.32. The Morgan fingerprint density at radius 1 is 0.963 bits per heavy atom. The van der Waals surface area contributed by atoms with Gasteiger partial charge in [0.25, 0.3) is 0 Å². The van der Waals surface area contributed by atoms with Crippen LogP contribution in [0.1, 0.15) is 15.9 Å². The summed E-state index contributed by atoms with van der Waals surface area (Å²) in [6.07, 6.45) is 0. The molecule has 0 unspecified atom stereocenters. The first-order chi connectivity index (χ1) is 13.2. The lowest BCUT2D eigenvalue weighted by molar-refractivity contribution is 0.0531. The first kappa shape index (κ1) is 18.7. The van der Waals surface area contributed by atoms with E-state index in [4.69, 9.17) is 4.74 Å². The molecular formula is C22H16FNO2S.